The topological polar surface area (TPSA) is 113 Å². The van der Waals surface area contributed by atoms with Gasteiger partial charge in [-0.2, -0.15) is 0 Å². The van der Waals surface area contributed by atoms with Gasteiger partial charge in [-0.1, -0.05) is 0 Å². The zero-order chi connectivity index (χ0) is 8.15. The molecule has 0 aromatic heterocycles. The summed E-state index contributed by atoms with van der Waals surface area (Å²) in [5.74, 6) is -1.09. The maximum atomic E-state index is 10.1. The summed E-state index contributed by atoms with van der Waals surface area (Å²) in [5, 5.41) is 15.0. The van der Waals surface area contributed by atoms with Gasteiger partial charge in [0.25, 0.3) is 0 Å². The van der Waals surface area contributed by atoms with E-state index in [1.165, 1.54) is 0 Å². The van der Waals surface area contributed by atoms with Crippen LogP contribution in [0.5, 0.6) is 0 Å². The van der Waals surface area contributed by atoms with Crippen LogP contribution in [0.1, 0.15) is 12.8 Å². The molecule has 0 spiro atoms. The van der Waals surface area contributed by atoms with Gasteiger partial charge in [0.1, 0.15) is 6.04 Å². The van der Waals surface area contributed by atoms with Gasteiger partial charge in [-0.05, 0) is 6.42 Å². The predicted octanol–water partition coefficient (Wildman–Crippen LogP) is -0.886. The molecule has 0 aliphatic heterocycles. The molecular formula is C5H11N3O2. The molecule has 0 amide bonds. The predicted molar refractivity (Wildman–Crippen MR) is 36.8 cm³/mol. The molecule has 6 N–H and O–H groups in total. The standard InChI is InChI=1S/C5H11N3O2/c6-3(5(9)10)1-2-4(7)8/h3H,1-2,6H2,(H3,7,8)(H,9,10)/t3-/m0/s1. The quantitative estimate of drug-likeness (QED) is 0.303. The first-order valence-corrected chi connectivity index (χ1v) is 2.85. The largest absolute Gasteiger partial charge is 0.480 e. The molecular weight excluding hydrogens is 134 g/mol. The summed E-state index contributed by atoms with van der Waals surface area (Å²) < 4.78 is 0. The molecule has 0 saturated carbocycles. The normalized spacial score (nSPS) is 12.5. The number of amidine groups is 1. The van der Waals surface area contributed by atoms with Crippen LogP contribution in [0, 0.1) is 5.41 Å². The van der Waals surface area contributed by atoms with Crippen molar-refractivity contribution in [3.8, 4) is 0 Å². The van der Waals surface area contributed by atoms with Gasteiger partial charge in [0.05, 0.1) is 5.84 Å². The number of hydrogen-bond donors (Lipinski definition) is 4. The van der Waals surface area contributed by atoms with Crippen LogP contribution in [0.2, 0.25) is 0 Å². The highest BCUT2D eigenvalue weighted by molar-refractivity contribution is 5.78. The van der Waals surface area contributed by atoms with Gasteiger partial charge >= 0.3 is 5.97 Å². The number of carbonyl (C=O) groups is 1. The molecule has 5 nitrogen and oxygen atoms in total. The highest BCUT2D eigenvalue weighted by Gasteiger charge is 2.10. The molecule has 0 aliphatic rings. The Labute approximate surface area is 58.5 Å². The second-order valence-electron chi connectivity index (χ2n) is 2.01. The number of rotatable bonds is 4. The lowest BCUT2D eigenvalue weighted by Crippen LogP contribution is -2.31. The molecule has 0 radical (unpaired) electrons. The third-order valence-electron chi connectivity index (χ3n) is 1.04. The van der Waals surface area contributed by atoms with E-state index in [2.05, 4.69) is 0 Å². The molecule has 58 valence electrons. The maximum Gasteiger partial charge on any atom is 0.320 e. The zero-order valence-corrected chi connectivity index (χ0v) is 5.50. The van der Waals surface area contributed by atoms with Gasteiger partial charge in [0, 0.05) is 6.42 Å². The van der Waals surface area contributed by atoms with Crippen molar-refractivity contribution in [2.75, 3.05) is 0 Å². The van der Waals surface area contributed by atoms with E-state index in [0.29, 0.717) is 0 Å². The number of carboxylic acids is 1. The summed E-state index contributed by atoms with van der Waals surface area (Å²) in [4.78, 5) is 10.1. The summed E-state index contributed by atoms with van der Waals surface area (Å²) in [6, 6.07) is -0.899. The van der Waals surface area contributed by atoms with Crippen molar-refractivity contribution in [1.82, 2.24) is 0 Å². The molecule has 0 unspecified atom stereocenters. The summed E-state index contributed by atoms with van der Waals surface area (Å²) in [6.07, 6.45) is 0.470. The average molecular weight is 145 g/mol. The van der Waals surface area contributed by atoms with Crippen molar-refractivity contribution in [2.45, 2.75) is 18.9 Å². The van der Waals surface area contributed by atoms with E-state index >= 15 is 0 Å². The van der Waals surface area contributed by atoms with Crippen molar-refractivity contribution >= 4 is 11.8 Å². The van der Waals surface area contributed by atoms with Crippen molar-refractivity contribution in [3.05, 3.63) is 0 Å². The lowest BCUT2D eigenvalue weighted by Gasteiger charge is -2.03. The van der Waals surface area contributed by atoms with E-state index in [4.69, 9.17) is 22.0 Å². The number of nitrogens with one attached hydrogen (secondary N) is 1. The fourth-order valence-electron chi connectivity index (χ4n) is 0.434. The second kappa shape index (κ2) is 3.84. The van der Waals surface area contributed by atoms with E-state index in [9.17, 15) is 4.79 Å². The van der Waals surface area contributed by atoms with Crippen LogP contribution in [0.25, 0.3) is 0 Å². The zero-order valence-electron chi connectivity index (χ0n) is 5.50. The van der Waals surface area contributed by atoms with Crippen LogP contribution >= 0.6 is 0 Å². The minimum absolute atomic E-state index is 0.0308. The molecule has 0 heterocycles. The van der Waals surface area contributed by atoms with Gasteiger partial charge in [-0.3, -0.25) is 10.2 Å². The van der Waals surface area contributed by atoms with Gasteiger partial charge < -0.3 is 16.6 Å². The molecule has 10 heavy (non-hydrogen) atoms. The Morgan fingerprint density at radius 1 is 1.70 bits per heavy atom. The maximum absolute atomic E-state index is 10.1. The Morgan fingerprint density at radius 3 is 2.50 bits per heavy atom. The first kappa shape index (κ1) is 8.90. The summed E-state index contributed by atoms with van der Waals surface area (Å²) >= 11 is 0. The molecule has 5 heteroatoms. The summed E-state index contributed by atoms with van der Waals surface area (Å²) in [5.41, 5.74) is 10.1. The van der Waals surface area contributed by atoms with Crippen molar-refractivity contribution < 1.29 is 9.90 Å². The monoisotopic (exact) mass is 145 g/mol. The molecule has 0 aromatic carbocycles. The van der Waals surface area contributed by atoms with Crippen LogP contribution in [-0.2, 0) is 4.79 Å². The van der Waals surface area contributed by atoms with E-state index in [-0.39, 0.29) is 18.7 Å². The molecule has 0 aliphatic carbocycles. The third-order valence-corrected chi connectivity index (χ3v) is 1.04. The molecule has 0 bridgehead atoms. The first-order chi connectivity index (χ1) is 4.54. The third kappa shape index (κ3) is 3.85. The van der Waals surface area contributed by atoms with E-state index in [1.807, 2.05) is 0 Å². The van der Waals surface area contributed by atoms with Crippen LogP contribution in [-0.4, -0.2) is 23.0 Å². The Balaban J connectivity index is 3.49. The second-order valence-corrected chi connectivity index (χ2v) is 2.01. The first-order valence-electron chi connectivity index (χ1n) is 2.85. The number of carboxylic acid groups (broad SMARTS) is 1. The highest BCUT2D eigenvalue weighted by atomic mass is 16.4. The minimum Gasteiger partial charge on any atom is -0.480 e. The molecule has 0 aromatic rings. The lowest BCUT2D eigenvalue weighted by atomic mass is 10.1. The molecule has 0 rings (SSSR count). The van der Waals surface area contributed by atoms with Gasteiger partial charge in [0.15, 0.2) is 0 Å². The summed E-state index contributed by atoms with van der Waals surface area (Å²) in [6.45, 7) is 0. The molecule has 1 atom stereocenters. The van der Waals surface area contributed by atoms with Crippen molar-refractivity contribution in [2.24, 2.45) is 11.5 Å². The Hall–Kier alpha value is -1.10. The van der Waals surface area contributed by atoms with Crippen LogP contribution in [0.15, 0.2) is 0 Å². The molecule has 0 fully saturated rings. The smallest absolute Gasteiger partial charge is 0.320 e. The number of hydrogen-bond acceptors (Lipinski definition) is 3. The SMILES string of the molecule is N=C(N)CC[C@H](N)C(=O)O. The van der Waals surface area contributed by atoms with Crippen molar-refractivity contribution in [3.63, 3.8) is 0 Å². The average Bonchev–Trinajstić information content (AvgIpc) is 1.82. The van der Waals surface area contributed by atoms with Crippen LogP contribution < -0.4 is 11.5 Å². The van der Waals surface area contributed by atoms with Gasteiger partial charge in [-0.25, -0.2) is 0 Å². The van der Waals surface area contributed by atoms with Crippen LogP contribution in [0.3, 0.4) is 0 Å². The van der Waals surface area contributed by atoms with E-state index in [1.54, 1.807) is 0 Å². The molecule has 0 saturated heterocycles. The Kier molecular flexibility index (Phi) is 3.42. The van der Waals surface area contributed by atoms with E-state index < -0.39 is 12.0 Å². The summed E-state index contributed by atoms with van der Waals surface area (Å²) in [7, 11) is 0. The van der Waals surface area contributed by atoms with E-state index in [0.717, 1.165) is 0 Å². The Bertz CT molecular complexity index is 146. The van der Waals surface area contributed by atoms with Crippen molar-refractivity contribution in [1.29, 1.82) is 5.41 Å². The van der Waals surface area contributed by atoms with Gasteiger partial charge in [0.2, 0.25) is 0 Å². The Morgan fingerprint density at radius 2 is 2.20 bits per heavy atom. The number of nitrogens with two attached hydrogens (primary N) is 2. The minimum atomic E-state index is -1.05. The van der Waals surface area contributed by atoms with Gasteiger partial charge in [-0.15, -0.1) is 0 Å². The number of aliphatic carboxylic acids is 1. The highest BCUT2D eigenvalue weighted by Crippen LogP contribution is 1.92. The lowest BCUT2D eigenvalue weighted by molar-refractivity contribution is -0.138. The fraction of sp³-hybridized carbons (Fsp3) is 0.600. The van der Waals surface area contributed by atoms with Crippen LogP contribution in [0.4, 0.5) is 0 Å². The fourth-order valence-corrected chi connectivity index (χ4v) is 0.434.